The van der Waals surface area contributed by atoms with Crippen molar-refractivity contribution in [3.05, 3.63) is 0 Å². The summed E-state index contributed by atoms with van der Waals surface area (Å²) >= 11 is 1.90. The van der Waals surface area contributed by atoms with E-state index < -0.39 is 0 Å². The highest BCUT2D eigenvalue weighted by atomic mass is 32.2. The van der Waals surface area contributed by atoms with Gasteiger partial charge < -0.3 is 15.2 Å². The standard InChI is InChI=1S/C8H19NO2S/c1-10-4-2-7-12-8-6-11-5-3-9/h2-9H2,1H3. The fourth-order valence-corrected chi connectivity index (χ4v) is 1.47. The van der Waals surface area contributed by atoms with Gasteiger partial charge in [0.25, 0.3) is 0 Å². The molecule has 0 bridgehead atoms. The molecule has 3 nitrogen and oxygen atoms in total. The summed E-state index contributed by atoms with van der Waals surface area (Å²) in [5.74, 6) is 2.21. The first kappa shape index (κ1) is 12.2. The Balaban J connectivity index is 2.73. The van der Waals surface area contributed by atoms with Crippen molar-refractivity contribution in [2.24, 2.45) is 5.73 Å². The van der Waals surface area contributed by atoms with Gasteiger partial charge in [0.1, 0.15) is 0 Å². The van der Waals surface area contributed by atoms with E-state index in [2.05, 4.69) is 0 Å². The van der Waals surface area contributed by atoms with Gasteiger partial charge in [-0.1, -0.05) is 0 Å². The van der Waals surface area contributed by atoms with E-state index in [0.717, 1.165) is 31.1 Å². The molecule has 4 heteroatoms. The summed E-state index contributed by atoms with van der Waals surface area (Å²) < 4.78 is 10.1. The fourth-order valence-electron chi connectivity index (χ4n) is 0.711. The number of hydrogen-bond acceptors (Lipinski definition) is 4. The number of hydrogen-bond donors (Lipinski definition) is 1. The lowest BCUT2D eigenvalue weighted by Crippen LogP contribution is -2.10. The van der Waals surface area contributed by atoms with Gasteiger partial charge in [0, 0.05) is 26.0 Å². The number of ether oxygens (including phenoxy) is 2. The molecule has 0 unspecified atom stereocenters. The third-order valence-electron chi connectivity index (χ3n) is 1.27. The molecule has 12 heavy (non-hydrogen) atoms. The number of rotatable bonds is 9. The zero-order valence-electron chi connectivity index (χ0n) is 7.75. The molecule has 74 valence electrons. The molecule has 0 saturated heterocycles. The Hall–Kier alpha value is 0.230. The second-order valence-electron chi connectivity index (χ2n) is 2.36. The van der Waals surface area contributed by atoms with Gasteiger partial charge in [-0.15, -0.1) is 0 Å². The van der Waals surface area contributed by atoms with Crippen LogP contribution < -0.4 is 5.73 Å². The maximum Gasteiger partial charge on any atom is 0.0589 e. The van der Waals surface area contributed by atoms with Gasteiger partial charge >= 0.3 is 0 Å². The summed E-state index contributed by atoms with van der Waals surface area (Å²) in [5.41, 5.74) is 5.26. The quantitative estimate of drug-likeness (QED) is 0.548. The predicted octanol–water partition coefficient (Wildman–Crippen LogP) is 0.731. The van der Waals surface area contributed by atoms with Crippen molar-refractivity contribution in [1.29, 1.82) is 0 Å². The lowest BCUT2D eigenvalue weighted by molar-refractivity contribution is 0.158. The number of nitrogens with two attached hydrogens (primary N) is 1. The smallest absolute Gasteiger partial charge is 0.0589 e. The Morgan fingerprint density at radius 1 is 1.17 bits per heavy atom. The average Bonchev–Trinajstić information content (AvgIpc) is 2.10. The molecule has 0 spiro atoms. The van der Waals surface area contributed by atoms with Crippen LogP contribution in [0.1, 0.15) is 6.42 Å². The molecule has 0 aliphatic rings. The van der Waals surface area contributed by atoms with Crippen molar-refractivity contribution < 1.29 is 9.47 Å². The summed E-state index contributed by atoms with van der Waals surface area (Å²) in [4.78, 5) is 0. The van der Waals surface area contributed by atoms with Crippen LogP contribution in [0.4, 0.5) is 0 Å². The van der Waals surface area contributed by atoms with Gasteiger partial charge in [-0.2, -0.15) is 11.8 Å². The molecular formula is C8H19NO2S. The van der Waals surface area contributed by atoms with Gasteiger partial charge in [0.05, 0.1) is 13.2 Å². The van der Waals surface area contributed by atoms with Gasteiger partial charge in [0.2, 0.25) is 0 Å². The van der Waals surface area contributed by atoms with Crippen molar-refractivity contribution in [2.45, 2.75) is 6.42 Å². The fraction of sp³-hybridized carbons (Fsp3) is 1.00. The van der Waals surface area contributed by atoms with E-state index in [1.54, 1.807) is 7.11 Å². The maximum atomic E-state index is 5.26. The molecule has 0 amide bonds. The predicted molar refractivity (Wildman–Crippen MR) is 53.7 cm³/mol. The van der Waals surface area contributed by atoms with E-state index in [9.17, 15) is 0 Å². The summed E-state index contributed by atoms with van der Waals surface area (Å²) in [6.07, 6.45) is 1.12. The van der Waals surface area contributed by atoms with Crippen LogP contribution in [0.3, 0.4) is 0 Å². The summed E-state index contributed by atoms with van der Waals surface area (Å²) in [6.45, 7) is 2.97. The topological polar surface area (TPSA) is 44.5 Å². The van der Waals surface area contributed by atoms with Crippen molar-refractivity contribution >= 4 is 11.8 Å². The van der Waals surface area contributed by atoms with Crippen LogP contribution in [0.5, 0.6) is 0 Å². The van der Waals surface area contributed by atoms with Crippen LogP contribution >= 0.6 is 11.8 Å². The third kappa shape index (κ3) is 10.2. The molecule has 0 rings (SSSR count). The van der Waals surface area contributed by atoms with E-state index >= 15 is 0 Å². The Morgan fingerprint density at radius 3 is 2.67 bits per heavy atom. The van der Waals surface area contributed by atoms with Crippen LogP contribution in [-0.2, 0) is 9.47 Å². The Kier molecular flexibility index (Phi) is 11.4. The molecule has 0 aromatic heterocycles. The highest BCUT2D eigenvalue weighted by molar-refractivity contribution is 7.99. The Bertz CT molecular complexity index is 73.5. The first-order valence-corrected chi connectivity index (χ1v) is 5.41. The van der Waals surface area contributed by atoms with Crippen molar-refractivity contribution in [2.75, 3.05) is 45.0 Å². The first-order valence-electron chi connectivity index (χ1n) is 4.26. The minimum absolute atomic E-state index is 0.619. The van der Waals surface area contributed by atoms with E-state index in [-0.39, 0.29) is 0 Å². The van der Waals surface area contributed by atoms with Crippen molar-refractivity contribution in [3.8, 4) is 0 Å². The van der Waals surface area contributed by atoms with Crippen LogP contribution in [0.15, 0.2) is 0 Å². The summed E-state index contributed by atoms with van der Waals surface area (Å²) in [5, 5.41) is 0. The lowest BCUT2D eigenvalue weighted by Gasteiger charge is -2.02. The van der Waals surface area contributed by atoms with Gasteiger partial charge in [-0.3, -0.25) is 0 Å². The zero-order valence-corrected chi connectivity index (χ0v) is 8.57. The molecular weight excluding hydrogens is 174 g/mol. The normalized spacial score (nSPS) is 10.5. The summed E-state index contributed by atoms with van der Waals surface area (Å²) in [7, 11) is 1.73. The molecule has 0 aromatic carbocycles. The SMILES string of the molecule is COCCCSCCOCCN. The molecule has 0 fully saturated rings. The minimum atomic E-state index is 0.619. The minimum Gasteiger partial charge on any atom is -0.385 e. The molecule has 0 radical (unpaired) electrons. The molecule has 0 aromatic rings. The monoisotopic (exact) mass is 193 g/mol. The van der Waals surface area contributed by atoms with Crippen LogP contribution in [0.25, 0.3) is 0 Å². The van der Waals surface area contributed by atoms with Gasteiger partial charge in [0.15, 0.2) is 0 Å². The molecule has 0 aliphatic carbocycles. The zero-order chi connectivity index (χ0) is 9.07. The number of methoxy groups -OCH3 is 1. The van der Waals surface area contributed by atoms with E-state index in [4.69, 9.17) is 15.2 Å². The van der Waals surface area contributed by atoms with Gasteiger partial charge in [-0.05, 0) is 12.2 Å². The van der Waals surface area contributed by atoms with Crippen molar-refractivity contribution in [3.63, 3.8) is 0 Å². The summed E-state index contributed by atoms with van der Waals surface area (Å²) in [6, 6.07) is 0. The maximum absolute atomic E-state index is 5.26. The van der Waals surface area contributed by atoms with Gasteiger partial charge in [-0.25, -0.2) is 0 Å². The average molecular weight is 193 g/mol. The largest absolute Gasteiger partial charge is 0.385 e. The van der Waals surface area contributed by atoms with Crippen molar-refractivity contribution in [1.82, 2.24) is 0 Å². The Labute approximate surface area is 79.0 Å². The van der Waals surface area contributed by atoms with E-state index in [1.165, 1.54) is 0 Å². The van der Waals surface area contributed by atoms with E-state index in [0.29, 0.717) is 13.2 Å². The highest BCUT2D eigenvalue weighted by Gasteiger charge is 1.89. The van der Waals surface area contributed by atoms with Crippen LogP contribution in [0, 0.1) is 0 Å². The second kappa shape index (κ2) is 11.2. The molecule has 0 atom stereocenters. The van der Waals surface area contributed by atoms with Crippen LogP contribution in [-0.4, -0.2) is 45.0 Å². The van der Waals surface area contributed by atoms with Crippen LogP contribution in [0.2, 0.25) is 0 Å². The lowest BCUT2D eigenvalue weighted by atomic mass is 10.5. The second-order valence-corrected chi connectivity index (χ2v) is 3.58. The first-order chi connectivity index (χ1) is 5.91. The highest BCUT2D eigenvalue weighted by Crippen LogP contribution is 2.01. The molecule has 0 heterocycles. The number of thioether (sulfide) groups is 1. The van der Waals surface area contributed by atoms with E-state index in [1.807, 2.05) is 11.8 Å². The third-order valence-corrected chi connectivity index (χ3v) is 2.30. The molecule has 2 N–H and O–H groups in total. The Morgan fingerprint density at radius 2 is 2.00 bits per heavy atom. The molecule has 0 saturated carbocycles. The molecule has 0 aliphatic heterocycles.